The Kier molecular flexibility index (Phi) is 6.10. The van der Waals surface area contributed by atoms with Crippen LogP contribution < -0.4 is 15.1 Å². The van der Waals surface area contributed by atoms with Gasteiger partial charge in [0.15, 0.2) is 0 Å². The molecule has 3 rings (SSSR count). The molecule has 0 aliphatic carbocycles. The number of nitrogens with zero attached hydrogens (tertiary/aromatic N) is 3. The van der Waals surface area contributed by atoms with Gasteiger partial charge in [0.2, 0.25) is 0 Å². The minimum Gasteiger partial charge on any atom is -0.368 e. The van der Waals surface area contributed by atoms with Crippen molar-refractivity contribution in [3.63, 3.8) is 0 Å². The Balaban J connectivity index is 1.61. The molecule has 138 valence electrons. The average Bonchev–Trinajstić information content (AvgIpc) is 2.68. The van der Waals surface area contributed by atoms with Gasteiger partial charge in [0, 0.05) is 50.3 Å². The van der Waals surface area contributed by atoms with Gasteiger partial charge in [-0.05, 0) is 43.2 Å². The van der Waals surface area contributed by atoms with Crippen LogP contribution in [-0.4, -0.2) is 43.6 Å². The highest BCUT2D eigenvalue weighted by Crippen LogP contribution is 2.21. The molecular formula is C21H28N4O. The molecule has 2 heterocycles. The topological polar surface area (TPSA) is 48.5 Å². The standard InChI is InChI=1S/C21H28N4O/c1-3-4-9-23-21(26)20-16-19(8-10-22-20)25-13-11-24(12-14-25)18-7-5-6-17(2)15-18/h5-8,10,15-16H,3-4,9,11-14H2,1-2H3,(H,23,26). The molecular weight excluding hydrogens is 324 g/mol. The fourth-order valence-corrected chi connectivity index (χ4v) is 3.26. The molecule has 0 atom stereocenters. The Labute approximate surface area is 156 Å². The number of benzene rings is 1. The van der Waals surface area contributed by atoms with E-state index in [9.17, 15) is 4.79 Å². The molecule has 1 saturated heterocycles. The molecule has 0 bridgehead atoms. The first-order chi connectivity index (χ1) is 12.7. The molecule has 0 radical (unpaired) electrons. The Morgan fingerprint density at radius 3 is 2.42 bits per heavy atom. The van der Waals surface area contributed by atoms with Crippen LogP contribution in [-0.2, 0) is 0 Å². The molecule has 26 heavy (non-hydrogen) atoms. The maximum atomic E-state index is 12.2. The van der Waals surface area contributed by atoms with Crippen LogP contribution in [0.2, 0.25) is 0 Å². The lowest BCUT2D eigenvalue weighted by molar-refractivity contribution is 0.0948. The summed E-state index contributed by atoms with van der Waals surface area (Å²) in [4.78, 5) is 21.2. The lowest BCUT2D eigenvalue weighted by atomic mass is 10.2. The lowest BCUT2D eigenvalue weighted by Gasteiger charge is -2.37. The molecule has 0 saturated carbocycles. The average molecular weight is 352 g/mol. The van der Waals surface area contributed by atoms with Crippen LogP contribution in [0.25, 0.3) is 0 Å². The van der Waals surface area contributed by atoms with E-state index in [2.05, 4.69) is 58.2 Å². The summed E-state index contributed by atoms with van der Waals surface area (Å²) in [6.45, 7) is 8.78. The number of carbonyl (C=O) groups excluding carboxylic acids is 1. The van der Waals surface area contributed by atoms with Crippen LogP contribution in [0.3, 0.4) is 0 Å². The number of hydrogen-bond acceptors (Lipinski definition) is 4. The van der Waals surface area contributed by atoms with Crippen molar-refractivity contribution in [2.45, 2.75) is 26.7 Å². The number of amides is 1. The van der Waals surface area contributed by atoms with Crippen molar-refractivity contribution in [2.75, 3.05) is 42.5 Å². The molecule has 1 fully saturated rings. The summed E-state index contributed by atoms with van der Waals surface area (Å²) in [5.41, 5.74) is 4.15. The largest absolute Gasteiger partial charge is 0.368 e. The van der Waals surface area contributed by atoms with Crippen LogP contribution in [0.4, 0.5) is 11.4 Å². The Morgan fingerprint density at radius 1 is 1.08 bits per heavy atom. The zero-order valence-corrected chi connectivity index (χ0v) is 15.7. The number of pyridine rings is 1. The van der Waals surface area contributed by atoms with Crippen LogP contribution >= 0.6 is 0 Å². The molecule has 1 aromatic carbocycles. The van der Waals surface area contributed by atoms with E-state index in [4.69, 9.17) is 0 Å². The van der Waals surface area contributed by atoms with E-state index in [0.29, 0.717) is 12.2 Å². The van der Waals surface area contributed by atoms with Crippen molar-refractivity contribution < 1.29 is 4.79 Å². The number of nitrogens with one attached hydrogen (secondary N) is 1. The third kappa shape index (κ3) is 4.54. The normalized spacial score (nSPS) is 14.4. The number of carbonyl (C=O) groups is 1. The molecule has 1 N–H and O–H groups in total. The second kappa shape index (κ2) is 8.70. The summed E-state index contributed by atoms with van der Waals surface area (Å²) in [5.74, 6) is -0.0845. The highest BCUT2D eigenvalue weighted by molar-refractivity contribution is 5.93. The maximum absolute atomic E-state index is 12.2. The van der Waals surface area contributed by atoms with Crippen molar-refractivity contribution in [2.24, 2.45) is 0 Å². The number of aromatic nitrogens is 1. The predicted octanol–water partition coefficient (Wildman–Crippen LogP) is 3.25. The van der Waals surface area contributed by atoms with Crippen LogP contribution in [0.15, 0.2) is 42.6 Å². The highest BCUT2D eigenvalue weighted by Gasteiger charge is 2.18. The summed E-state index contributed by atoms with van der Waals surface area (Å²) in [6.07, 6.45) is 3.79. The van der Waals surface area contributed by atoms with Gasteiger partial charge in [-0.2, -0.15) is 0 Å². The summed E-state index contributed by atoms with van der Waals surface area (Å²) < 4.78 is 0. The maximum Gasteiger partial charge on any atom is 0.269 e. The van der Waals surface area contributed by atoms with Crippen molar-refractivity contribution in [3.8, 4) is 0 Å². The second-order valence-electron chi connectivity index (χ2n) is 6.82. The van der Waals surface area contributed by atoms with Crippen LogP contribution in [0.1, 0.15) is 35.8 Å². The van der Waals surface area contributed by atoms with Crippen LogP contribution in [0.5, 0.6) is 0 Å². The number of rotatable bonds is 6. The molecule has 1 amide bonds. The first kappa shape index (κ1) is 18.2. The van der Waals surface area contributed by atoms with E-state index in [-0.39, 0.29) is 5.91 Å². The van der Waals surface area contributed by atoms with Crippen molar-refractivity contribution in [1.29, 1.82) is 0 Å². The first-order valence-electron chi connectivity index (χ1n) is 9.48. The van der Waals surface area contributed by atoms with E-state index in [1.807, 2.05) is 12.1 Å². The fourth-order valence-electron chi connectivity index (χ4n) is 3.26. The zero-order valence-electron chi connectivity index (χ0n) is 15.7. The Hall–Kier alpha value is -2.56. The highest BCUT2D eigenvalue weighted by atomic mass is 16.1. The zero-order chi connectivity index (χ0) is 18.4. The summed E-state index contributed by atoms with van der Waals surface area (Å²) in [7, 11) is 0. The molecule has 0 unspecified atom stereocenters. The first-order valence-corrected chi connectivity index (χ1v) is 9.48. The van der Waals surface area contributed by atoms with E-state index in [0.717, 1.165) is 44.7 Å². The number of hydrogen-bond donors (Lipinski definition) is 1. The smallest absolute Gasteiger partial charge is 0.269 e. The Bertz CT molecular complexity index is 738. The summed E-state index contributed by atoms with van der Waals surface area (Å²) in [5, 5.41) is 2.94. The van der Waals surface area contributed by atoms with Gasteiger partial charge in [0.25, 0.3) is 5.91 Å². The molecule has 1 aliphatic rings. The van der Waals surface area contributed by atoms with Gasteiger partial charge in [-0.3, -0.25) is 9.78 Å². The minimum absolute atomic E-state index is 0.0845. The minimum atomic E-state index is -0.0845. The third-order valence-corrected chi connectivity index (χ3v) is 4.80. The SMILES string of the molecule is CCCCNC(=O)c1cc(N2CCN(c3cccc(C)c3)CC2)ccn1. The summed E-state index contributed by atoms with van der Waals surface area (Å²) >= 11 is 0. The van der Waals surface area contributed by atoms with Gasteiger partial charge in [0.05, 0.1) is 0 Å². The predicted molar refractivity (Wildman–Crippen MR) is 107 cm³/mol. The van der Waals surface area contributed by atoms with Gasteiger partial charge in [-0.25, -0.2) is 0 Å². The number of aryl methyl sites for hydroxylation is 1. The van der Waals surface area contributed by atoms with Gasteiger partial charge in [0.1, 0.15) is 5.69 Å². The molecule has 1 aromatic heterocycles. The third-order valence-electron chi connectivity index (χ3n) is 4.80. The quantitative estimate of drug-likeness (QED) is 0.811. The Morgan fingerprint density at radius 2 is 1.77 bits per heavy atom. The lowest BCUT2D eigenvalue weighted by Crippen LogP contribution is -2.46. The molecule has 1 aliphatic heterocycles. The molecule has 2 aromatic rings. The van der Waals surface area contributed by atoms with Crippen molar-refractivity contribution in [1.82, 2.24) is 10.3 Å². The van der Waals surface area contributed by atoms with Gasteiger partial charge in [-0.15, -0.1) is 0 Å². The molecule has 0 spiro atoms. The molecule has 5 nitrogen and oxygen atoms in total. The van der Waals surface area contributed by atoms with Gasteiger partial charge >= 0.3 is 0 Å². The van der Waals surface area contributed by atoms with Gasteiger partial charge in [-0.1, -0.05) is 25.5 Å². The van der Waals surface area contributed by atoms with E-state index >= 15 is 0 Å². The van der Waals surface area contributed by atoms with Crippen molar-refractivity contribution >= 4 is 17.3 Å². The van der Waals surface area contributed by atoms with E-state index in [1.54, 1.807) is 6.20 Å². The van der Waals surface area contributed by atoms with E-state index in [1.165, 1.54) is 11.3 Å². The molecule has 5 heteroatoms. The number of unbranched alkanes of at least 4 members (excludes halogenated alkanes) is 1. The van der Waals surface area contributed by atoms with Crippen molar-refractivity contribution in [3.05, 3.63) is 53.9 Å². The monoisotopic (exact) mass is 352 g/mol. The number of anilines is 2. The van der Waals surface area contributed by atoms with E-state index < -0.39 is 0 Å². The number of piperazine rings is 1. The fraction of sp³-hybridized carbons (Fsp3) is 0.429. The van der Waals surface area contributed by atoms with Gasteiger partial charge < -0.3 is 15.1 Å². The van der Waals surface area contributed by atoms with Crippen LogP contribution in [0, 0.1) is 6.92 Å². The second-order valence-corrected chi connectivity index (χ2v) is 6.82. The summed E-state index contributed by atoms with van der Waals surface area (Å²) in [6, 6.07) is 12.6.